The van der Waals surface area contributed by atoms with E-state index >= 15 is 0 Å². The molecule has 1 aromatic carbocycles. The van der Waals surface area contributed by atoms with Gasteiger partial charge in [0.2, 0.25) is 11.7 Å². The van der Waals surface area contributed by atoms with E-state index in [1.165, 1.54) is 17.8 Å². The van der Waals surface area contributed by atoms with Crippen molar-refractivity contribution < 1.29 is 14.1 Å². The van der Waals surface area contributed by atoms with Crippen LogP contribution in [-0.2, 0) is 4.79 Å². The van der Waals surface area contributed by atoms with Crippen LogP contribution in [0.3, 0.4) is 0 Å². The number of amides is 1. The maximum absolute atomic E-state index is 13.5. The van der Waals surface area contributed by atoms with Crippen LogP contribution in [0.5, 0.6) is 0 Å². The van der Waals surface area contributed by atoms with Crippen molar-refractivity contribution >= 4 is 40.4 Å². The van der Waals surface area contributed by atoms with Crippen molar-refractivity contribution in [2.24, 2.45) is 0 Å². The predicted molar refractivity (Wildman–Crippen MR) is 109 cm³/mol. The summed E-state index contributed by atoms with van der Waals surface area (Å²) in [6, 6.07) is 7.53. The summed E-state index contributed by atoms with van der Waals surface area (Å²) in [6.45, 7) is 1.72. The van der Waals surface area contributed by atoms with Gasteiger partial charge in [0.15, 0.2) is 11.0 Å². The maximum Gasteiger partial charge on any atom is 0.306 e. The van der Waals surface area contributed by atoms with Gasteiger partial charge in [-0.3, -0.25) is 19.5 Å². The lowest BCUT2D eigenvalue weighted by atomic mass is 10.2. The third-order valence-corrected chi connectivity index (χ3v) is 6.30. The Morgan fingerprint density at radius 3 is 2.86 bits per heavy atom. The third-order valence-electron chi connectivity index (χ3n) is 4.38. The molecule has 2 heterocycles. The highest BCUT2D eigenvalue weighted by molar-refractivity contribution is 8.00. The first kappa shape index (κ1) is 19.5. The number of benzene rings is 1. The molecule has 1 atom stereocenters. The Morgan fingerprint density at radius 2 is 2.21 bits per heavy atom. The molecule has 0 saturated heterocycles. The Labute approximate surface area is 173 Å². The Kier molecular flexibility index (Phi) is 5.33. The van der Waals surface area contributed by atoms with E-state index in [2.05, 4.69) is 20.1 Å². The summed E-state index contributed by atoms with van der Waals surface area (Å²) in [6.07, 6.45) is 2.09. The van der Waals surface area contributed by atoms with Crippen LogP contribution in [0.15, 0.2) is 40.9 Å². The lowest BCUT2D eigenvalue weighted by molar-refractivity contribution is -0.387. The minimum Gasteiger partial charge on any atom is -0.325 e. The topological polar surface area (TPSA) is 103 Å². The van der Waals surface area contributed by atoms with Crippen molar-refractivity contribution in [3.8, 4) is 10.7 Å². The van der Waals surface area contributed by atoms with Crippen molar-refractivity contribution in [2.45, 2.75) is 36.2 Å². The molecule has 2 aromatic heterocycles. The number of carbonyl (C=O) groups is 1. The van der Waals surface area contributed by atoms with Crippen molar-refractivity contribution in [2.75, 3.05) is 5.32 Å². The van der Waals surface area contributed by atoms with Crippen LogP contribution in [0.4, 0.5) is 15.8 Å². The third kappa shape index (κ3) is 4.15. The lowest BCUT2D eigenvalue weighted by Gasteiger charge is -2.13. The Balaban J connectivity index is 1.50. The van der Waals surface area contributed by atoms with Crippen molar-refractivity contribution in [3.63, 3.8) is 0 Å². The second-order valence-corrected chi connectivity index (χ2v) is 8.81. The summed E-state index contributed by atoms with van der Waals surface area (Å²) in [7, 11) is 0. The molecule has 1 aliphatic rings. The van der Waals surface area contributed by atoms with E-state index in [1.807, 2.05) is 17.5 Å². The average Bonchev–Trinajstić information content (AvgIpc) is 3.21. The van der Waals surface area contributed by atoms with Crippen LogP contribution >= 0.6 is 23.1 Å². The van der Waals surface area contributed by atoms with Gasteiger partial charge in [-0.15, -0.1) is 21.5 Å². The molecule has 150 valence electrons. The number of aromatic nitrogens is 3. The molecule has 1 saturated carbocycles. The molecule has 0 radical (unpaired) electrons. The quantitative estimate of drug-likeness (QED) is 0.334. The summed E-state index contributed by atoms with van der Waals surface area (Å²) in [5.41, 5.74) is -0.518. The van der Waals surface area contributed by atoms with Gasteiger partial charge < -0.3 is 5.32 Å². The summed E-state index contributed by atoms with van der Waals surface area (Å²) >= 11 is 2.85. The number of rotatable bonds is 7. The summed E-state index contributed by atoms with van der Waals surface area (Å²) in [5, 5.41) is 24.2. The van der Waals surface area contributed by atoms with E-state index in [-0.39, 0.29) is 11.6 Å². The van der Waals surface area contributed by atoms with Gasteiger partial charge in [0.1, 0.15) is 0 Å². The van der Waals surface area contributed by atoms with Gasteiger partial charge in [0, 0.05) is 17.8 Å². The van der Waals surface area contributed by atoms with E-state index in [0.29, 0.717) is 11.2 Å². The zero-order valence-corrected chi connectivity index (χ0v) is 16.9. The average molecular weight is 433 g/mol. The molecule has 4 rings (SSSR count). The molecule has 11 heteroatoms. The molecule has 1 amide bonds. The Hall–Kier alpha value is -2.79. The summed E-state index contributed by atoms with van der Waals surface area (Å²) < 4.78 is 15.5. The molecule has 8 nitrogen and oxygen atoms in total. The second-order valence-electron chi connectivity index (χ2n) is 6.56. The fourth-order valence-electron chi connectivity index (χ4n) is 2.78. The van der Waals surface area contributed by atoms with E-state index in [0.717, 1.165) is 35.7 Å². The molecule has 3 aromatic rings. The molecule has 0 bridgehead atoms. The highest BCUT2D eigenvalue weighted by Gasteiger charge is 2.32. The number of hydrogen-bond acceptors (Lipinski definition) is 7. The first-order valence-electron chi connectivity index (χ1n) is 8.84. The van der Waals surface area contributed by atoms with Crippen LogP contribution in [0.1, 0.15) is 25.8 Å². The number of thioether (sulfide) groups is 1. The maximum atomic E-state index is 13.5. The van der Waals surface area contributed by atoms with E-state index in [4.69, 9.17) is 0 Å². The van der Waals surface area contributed by atoms with Gasteiger partial charge in [-0.1, -0.05) is 17.8 Å². The van der Waals surface area contributed by atoms with Gasteiger partial charge in [-0.25, -0.2) is 0 Å². The van der Waals surface area contributed by atoms with Gasteiger partial charge >= 0.3 is 5.69 Å². The van der Waals surface area contributed by atoms with E-state index < -0.39 is 21.7 Å². The highest BCUT2D eigenvalue weighted by Crippen LogP contribution is 2.42. The number of nitro benzene ring substituents is 1. The lowest BCUT2D eigenvalue weighted by Crippen LogP contribution is -2.23. The summed E-state index contributed by atoms with van der Waals surface area (Å²) in [4.78, 5) is 23.6. The van der Waals surface area contributed by atoms with Crippen LogP contribution in [0.25, 0.3) is 10.7 Å². The van der Waals surface area contributed by atoms with Gasteiger partial charge in [-0.05, 0) is 43.3 Å². The second kappa shape index (κ2) is 7.91. The molecular formula is C18H16FN5O3S2. The minimum absolute atomic E-state index is 0.165. The predicted octanol–water partition coefficient (Wildman–Crippen LogP) is 4.51. The van der Waals surface area contributed by atoms with Crippen LogP contribution in [0, 0.1) is 15.9 Å². The van der Waals surface area contributed by atoms with Crippen LogP contribution in [0.2, 0.25) is 0 Å². The molecular weight excluding hydrogens is 417 g/mol. The number of hydrogen-bond donors (Lipinski definition) is 1. The molecule has 29 heavy (non-hydrogen) atoms. The first-order valence-corrected chi connectivity index (χ1v) is 10.6. The van der Waals surface area contributed by atoms with Crippen LogP contribution < -0.4 is 5.32 Å². The molecule has 1 N–H and O–H groups in total. The number of halogens is 1. The van der Waals surface area contributed by atoms with Gasteiger partial charge in [0.05, 0.1) is 15.1 Å². The summed E-state index contributed by atoms with van der Waals surface area (Å²) in [5.74, 6) is -0.514. The fraction of sp³-hybridized carbons (Fsp3) is 0.278. The monoisotopic (exact) mass is 433 g/mol. The Bertz CT molecular complexity index is 1070. The van der Waals surface area contributed by atoms with Crippen LogP contribution in [-0.4, -0.2) is 30.8 Å². The standard InChI is InChI=1S/C18H16FN5O3S2/c1-10(17(25)20-11-4-7-13(19)14(9-11)24(26)27)29-18-22-21-16(15-3-2-8-28-15)23(18)12-5-6-12/h2-4,7-10,12H,5-6H2,1H3,(H,20,25)/t10-/m0/s1. The fourth-order valence-corrected chi connectivity index (χ4v) is 4.40. The molecule has 0 unspecified atom stereocenters. The van der Waals surface area contributed by atoms with Crippen molar-refractivity contribution in [1.29, 1.82) is 0 Å². The van der Waals surface area contributed by atoms with E-state index in [9.17, 15) is 19.3 Å². The number of nitrogens with one attached hydrogen (secondary N) is 1. The normalized spacial score (nSPS) is 14.6. The number of carbonyl (C=O) groups excluding carboxylic acids is 1. The van der Waals surface area contributed by atoms with Crippen molar-refractivity contribution in [3.05, 3.63) is 51.6 Å². The van der Waals surface area contributed by atoms with E-state index in [1.54, 1.807) is 18.3 Å². The molecule has 0 spiro atoms. The smallest absolute Gasteiger partial charge is 0.306 e. The molecule has 0 aliphatic heterocycles. The Morgan fingerprint density at radius 1 is 1.41 bits per heavy atom. The SMILES string of the molecule is C[C@H](Sc1nnc(-c2cccs2)n1C1CC1)C(=O)Nc1ccc(F)c([N+](=O)[O-])c1. The number of nitro groups is 1. The van der Waals surface area contributed by atoms with Gasteiger partial charge in [-0.2, -0.15) is 4.39 Å². The van der Waals surface area contributed by atoms with Gasteiger partial charge in [0.25, 0.3) is 0 Å². The zero-order chi connectivity index (χ0) is 20.5. The largest absolute Gasteiger partial charge is 0.325 e. The molecule has 1 fully saturated rings. The number of nitrogens with zero attached hydrogens (tertiary/aromatic N) is 4. The first-order chi connectivity index (χ1) is 13.9. The van der Waals surface area contributed by atoms with Crippen molar-refractivity contribution in [1.82, 2.24) is 14.8 Å². The number of anilines is 1. The zero-order valence-electron chi connectivity index (χ0n) is 15.2. The number of thiophene rings is 1. The molecule has 1 aliphatic carbocycles. The minimum atomic E-state index is -0.950. The highest BCUT2D eigenvalue weighted by atomic mass is 32.2.